The number of hydrogen-bond acceptors (Lipinski definition) is 8. The molecule has 1 aliphatic rings. The number of aryl methyl sites for hydroxylation is 2. The molecule has 1 aliphatic heterocycles. The van der Waals surface area contributed by atoms with Gasteiger partial charge in [-0.1, -0.05) is 5.16 Å². The summed E-state index contributed by atoms with van der Waals surface area (Å²) in [6, 6.07) is 1.64. The zero-order valence-corrected chi connectivity index (χ0v) is 14.0. The Morgan fingerprint density at radius 2 is 2.00 bits per heavy atom. The summed E-state index contributed by atoms with van der Waals surface area (Å²) in [7, 11) is 0. The Bertz CT molecular complexity index is 739. The van der Waals surface area contributed by atoms with Gasteiger partial charge in [0.05, 0.1) is 11.0 Å². The lowest BCUT2D eigenvalue weighted by Crippen LogP contribution is -2.47. The number of rotatable bonds is 4. The van der Waals surface area contributed by atoms with Crippen LogP contribution in [0.4, 0.5) is 11.5 Å². The quantitative estimate of drug-likeness (QED) is 0.618. The minimum Gasteiger partial charge on any atom is -0.354 e. The molecule has 3 rings (SSSR count). The van der Waals surface area contributed by atoms with Crippen LogP contribution < -0.4 is 4.90 Å². The topological polar surface area (TPSA) is 101 Å². The van der Waals surface area contributed by atoms with Gasteiger partial charge in [0.25, 0.3) is 5.69 Å². The molecule has 2 aromatic heterocycles. The molecule has 2 aromatic rings. The minimum absolute atomic E-state index is 0.0234. The second kappa shape index (κ2) is 6.52. The second-order valence-corrected chi connectivity index (χ2v) is 5.97. The van der Waals surface area contributed by atoms with Crippen molar-refractivity contribution in [3.05, 3.63) is 39.7 Å². The molecule has 9 heteroatoms. The average molecular weight is 332 g/mol. The molecule has 1 atom stereocenters. The van der Waals surface area contributed by atoms with E-state index in [-0.39, 0.29) is 11.7 Å². The van der Waals surface area contributed by atoms with Crippen LogP contribution in [0.1, 0.15) is 30.2 Å². The van der Waals surface area contributed by atoms with Gasteiger partial charge in [-0.3, -0.25) is 15.0 Å². The number of nitro groups is 1. The van der Waals surface area contributed by atoms with Crippen LogP contribution in [0.15, 0.2) is 16.8 Å². The molecule has 0 bridgehead atoms. The molecule has 3 heterocycles. The van der Waals surface area contributed by atoms with Crippen molar-refractivity contribution >= 4 is 11.5 Å². The van der Waals surface area contributed by atoms with E-state index >= 15 is 0 Å². The summed E-state index contributed by atoms with van der Waals surface area (Å²) >= 11 is 0. The van der Waals surface area contributed by atoms with Crippen LogP contribution in [-0.2, 0) is 0 Å². The van der Waals surface area contributed by atoms with Gasteiger partial charge in [-0.2, -0.15) is 4.98 Å². The smallest absolute Gasteiger partial charge is 0.287 e. The van der Waals surface area contributed by atoms with Crippen LogP contribution >= 0.6 is 0 Å². The predicted octanol–water partition coefficient (Wildman–Crippen LogP) is 1.87. The lowest BCUT2D eigenvalue weighted by atomic mass is 10.2. The van der Waals surface area contributed by atoms with Gasteiger partial charge in [-0.15, -0.1) is 0 Å². The summed E-state index contributed by atoms with van der Waals surface area (Å²) in [6.07, 6.45) is 1.32. The Morgan fingerprint density at radius 3 is 2.54 bits per heavy atom. The van der Waals surface area contributed by atoms with E-state index in [1.54, 1.807) is 13.0 Å². The van der Waals surface area contributed by atoms with E-state index in [1.165, 1.54) is 6.20 Å². The van der Waals surface area contributed by atoms with Gasteiger partial charge < -0.3 is 9.42 Å². The van der Waals surface area contributed by atoms with Gasteiger partial charge >= 0.3 is 0 Å². The number of aromatic nitrogens is 3. The first-order valence-corrected chi connectivity index (χ1v) is 7.86. The number of pyridine rings is 1. The highest BCUT2D eigenvalue weighted by atomic mass is 16.6. The fraction of sp³-hybridized carbons (Fsp3) is 0.533. The Labute approximate surface area is 139 Å². The highest BCUT2D eigenvalue weighted by Gasteiger charge is 2.26. The molecule has 0 spiro atoms. The van der Waals surface area contributed by atoms with Gasteiger partial charge in [0.15, 0.2) is 5.82 Å². The SMILES string of the molecule is Cc1noc(C(C)N2CCN(c3ncc([N+](=O)[O-])cc3C)CC2)n1. The van der Waals surface area contributed by atoms with E-state index < -0.39 is 4.92 Å². The molecule has 1 fully saturated rings. The average Bonchev–Trinajstić information content (AvgIpc) is 3.00. The fourth-order valence-electron chi connectivity index (χ4n) is 2.94. The van der Waals surface area contributed by atoms with Crippen LogP contribution in [-0.4, -0.2) is 51.1 Å². The number of nitrogens with zero attached hydrogens (tertiary/aromatic N) is 6. The van der Waals surface area contributed by atoms with Crippen molar-refractivity contribution in [2.75, 3.05) is 31.1 Å². The Hall–Kier alpha value is -2.55. The third kappa shape index (κ3) is 3.21. The first-order valence-electron chi connectivity index (χ1n) is 7.86. The van der Waals surface area contributed by atoms with Crippen LogP contribution in [0.25, 0.3) is 0 Å². The summed E-state index contributed by atoms with van der Waals surface area (Å²) in [5.41, 5.74) is 0.841. The number of hydrogen-bond donors (Lipinski definition) is 0. The van der Waals surface area contributed by atoms with Crippen LogP contribution in [0, 0.1) is 24.0 Å². The van der Waals surface area contributed by atoms with E-state index in [4.69, 9.17) is 4.52 Å². The van der Waals surface area contributed by atoms with Gasteiger partial charge in [-0.05, 0) is 26.3 Å². The van der Waals surface area contributed by atoms with Gasteiger partial charge in [0, 0.05) is 32.2 Å². The van der Waals surface area contributed by atoms with Crippen molar-refractivity contribution in [2.24, 2.45) is 0 Å². The third-order valence-corrected chi connectivity index (χ3v) is 4.31. The summed E-state index contributed by atoms with van der Waals surface area (Å²) in [5, 5.41) is 14.7. The normalized spacial score (nSPS) is 17.0. The van der Waals surface area contributed by atoms with Crippen molar-refractivity contribution in [3.63, 3.8) is 0 Å². The molecule has 24 heavy (non-hydrogen) atoms. The number of piperazine rings is 1. The van der Waals surface area contributed by atoms with Crippen molar-refractivity contribution in [1.82, 2.24) is 20.0 Å². The minimum atomic E-state index is -0.421. The maximum absolute atomic E-state index is 10.8. The highest BCUT2D eigenvalue weighted by Crippen LogP contribution is 2.25. The van der Waals surface area contributed by atoms with E-state index in [9.17, 15) is 10.1 Å². The Kier molecular flexibility index (Phi) is 4.43. The predicted molar refractivity (Wildman–Crippen MR) is 86.9 cm³/mol. The summed E-state index contributed by atoms with van der Waals surface area (Å²) < 4.78 is 5.25. The maximum Gasteiger partial charge on any atom is 0.287 e. The first-order chi connectivity index (χ1) is 11.5. The lowest BCUT2D eigenvalue weighted by Gasteiger charge is -2.37. The molecule has 0 aliphatic carbocycles. The maximum atomic E-state index is 10.8. The molecule has 1 unspecified atom stereocenters. The zero-order valence-electron chi connectivity index (χ0n) is 14.0. The van der Waals surface area contributed by atoms with Crippen molar-refractivity contribution in [1.29, 1.82) is 0 Å². The molecule has 0 radical (unpaired) electrons. The van der Waals surface area contributed by atoms with Crippen LogP contribution in [0.2, 0.25) is 0 Å². The van der Waals surface area contributed by atoms with Crippen molar-refractivity contribution in [3.8, 4) is 0 Å². The van der Waals surface area contributed by atoms with Crippen molar-refractivity contribution < 1.29 is 9.45 Å². The highest BCUT2D eigenvalue weighted by molar-refractivity contribution is 5.50. The molecule has 9 nitrogen and oxygen atoms in total. The summed E-state index contributed by atoms with van der Waals surface area (Å²) in [4.78, 5) is 23.4. The molecular formula is C15H20N6O3. The summed E-state index contributed by atoms with van der Waals surface area (Å²) in [6.45, 7) is 8.97. The summed E-state index contributed by atoms with van der Waals surface area (Å²) in [5.74, 6) is 2.08. The largest absolute Gasteiger partial charge is 0.354 e. The van der Waals surface area contributed by atoms with Gasteiger partial charge in [0.1, 0.15) is 12.0 Å². The lowest BCUT2D eigenvalue weighted by molar-refractivity contribution is -0.385. The van der Waals surface area contributed by atoms with Gasteiger partial charge in [0.2, 0.25) is 5.89 Å². The van der Waals surface area contributed by atoms with Crippen LogP contribution in [0.3, 0.4) is 0 Å². The van der Waals surface area contributed by atoms with Gasteiger partial charge in [-0.25, -0.2) is 4.98 Å². The van der Waals surface area contributed by atoms with E-state index in [1.807, 2.05) is 6.92 Å². The van der Waals surface area contributed by atoms with E-state index in [0.29, 0.717) is 11.7 Å². The molecular weight excluding hydrogens is 312 g/mol. The Balaban J connectivity index is 1.66. The Morgan fingerprint density at radius 1 is 1.29 bits per heavy atom. The van der Waals surface area contributed by atoms with Crippen molar-refractivity contribution in [2.45, 2.75) is 26.8 Å². The second-order valence-electron chi connectivity index (χ2n) is 5.97. The van der Waals surface area contributed by atoms with Crippen LogP contribution in [0.5, 0.6) is 0 Å². The van der Waals surface area contributed by atoms with E-state index in [2.05, 4.69) is 31.8 Å². The third-order valence-electron chi connectivity index (χ3n) is 4.31. The standard InChI is InChI=1S/C15H20N6O3/c1-10-8-13(21(22)23)9-16-14(10)20-6-4-19(5-7-20)11(2)15-17-12(3)18-24-15/h8-9,11H,4-7H2,1-3H3. The molecule has 1 saturated heterocycles. The first kappa shape index (κ1) is 16.3. The monoisotopic (exact) mass is 332 g/mol. The molecule has 0 saturated carbocycles. The molecule has 0 amide bonds. The molecule has 0 aromatic carbocycles. The molecule has 128 valence electrons. The molecule has 0 N–H and O–H groups in total. The fourth-order valence-corrected chi connectivity index (χ4v) is 2.94. The van der Waals surface area contributed by atoms with E-state index in [0.717, 1.165) is 37.6 Å². The zero-order chi connectivity index (χ0) is 17.3. The number of anilines is 1.